The van der Waals surface area contributed by atoms with E-state index < -0.39 is 0 Å². The van der Waals surface area contributed by atoms with Gasteiger partial charge in [-0.2, -0.15) is 0 Å². The molecule has 0 saturated heterocycles. The first kappa shape index (κ1) is 14.8. The van der Waals surface area contributed by atoms with Crippen LogP contribution in [0.25, 0.3) is 0 Å². The Kier molecular flexibility index (Phi) is 4.54. The van der Waals surface area contributed by atoms with E-state index >= 15 is 0 Å². The fraction of sp³-hybridized carbons (Fsp3) is 0.625. The molecular formula is C16H25ClN2. The van der Waals surface area contributed by atoms with Gasteiger partial charge in [0.1, 0.15) is 0 Å². The van der Waals surface area contributed by atoms with E-state index in [1.807, 2.05) is 12.1 Å². The van der Waals surface area contributed by atoms with Gasteiger partial charge in [0, 0.05) is 23.1 Å². The average molecular weight is 281 g/mol. The lowest BCUT2D eigenvalue weighted by molar-refractivity contribution is 0.0865. The first-order valence-electron chi connectivity index (χ1n) is 7.15. The Hall–Kier alpha value is -0.570. The summed E-state index contributed by atoms with van der Waals surface area (Å²) in [6, 6.07) is 8.45. The van der Waals surface area contributed by atoms with Crippen molar-refractivity contribution in [1.82, 2.24) is 4.90 Å². The van der Waals surface area contributed by atoms with Crippen molar-refractivity contribution in [2.75, 3.05) is 13.6 Å². The minimum absolute atomic E-state index is 0.0723. The Bertz CT molecular complexity index is 431. The highest BCUT2D eigenvalue weighted by molar-refractivity contribution is 6.30. The monoisotopic (exact) mass is 280 g/mol. The fourth-order valence-electron chi connectivity index (χ4n) is 2.77. The molecular weight excluding hydrogens is 256 g/mol. The van der Waals surface area contributed by atoms with E-state index in [-0.39, 0.29) is 5.54 Å². The molecule has 0 spiro atoms. The summed E-state index contributed by atoms with van der Waals surface area (Å²) >= 11 is 6.09. The number of rotatable bonds is 6. The van der Waals surface area contributed by atoms with Gasteiger partial charge in [-0.15, -0.1) is 0 Å². The van der Waals surface area contributed by atoms with Gasteiger partial charge in [-0.05, 0) is 50.9 Å². The molecule has 2 atom stereocenters. The minimum Gasteiger partial charge on any atom is -0.329 e. The molecule has 0 bridgehead atoms. The Balaban J connectivity index is 2.13. The average Bonchev–Trinajstić information content (AvgIpc) is 3.20. The van der Waals surface area contributed by atoms with Gasteiger partial charge >= 0.3 is 0 Å². The van der Waals surface area contributed by atoms with Crippen LogP contribution in [0.2, 0.25) is 5.02 Å². The number of benzene rings is 1. The lowest BCUT2D eigenvalue weighted by Gasteiger charge is -2.42. The predicted octanol–water partition coefficient (Wildman–Crippen LogP) is 3.85. The Labute approximate surface area is 121 Å². The van der Waals surface area contributed by atoms with Crippen LogP contribution >= 0.6 is 11.6 Å². The van der Waals surface area contributed by atoms with Gasteiger partial charge in [0.25, 0.3) is 0 Å². The molecule has 0 heterocycles. The van der Waals surface area contributed by atoms with Crippen molar-refractivity contribution in [3.8, 4) is 0 Å². The molecule has 0 radical (unpaired) electrons. The van der Waals surface area contributed by atoms with E-state index in [0.29, 0.717) is 12.6 Å². The van der Waals surface area contributed by atoms with Crippen LogP contribution in [0, 0.1) is 5.92 Å². The molecule has 1 aliphatic rings. The van der Waals surface area contributed by atoms with Crippen LogP contribution in [-0.4, -0.2) is 24.0 Å². The maximum Gasteiger partial charge on any atom is 0.0409 e. The van der Waals surface area contributed by atoms with Crippen molar-refractivity contribution < 1.29 is 0 Å². The van der Waals surface area contributed by atoms with Gasteiger partial charge in [0.2, 0.25) is 0 Å². The van der Waals surface area contributed by atoms with Gasteiger partial charge < -0.3 is 5.73 Å². The first-order chi connectivity index (χ1) is 8.96. The quantitative estimate of drug-likeness (QED) is 0.858. The molecule has 1 aromatic carbocycles. The van der Waals surface area contributed by atoms with Crippen LogP contribution in [0.15, 0.2) is 24.3 Å². The summed E-state index contributed by atoms with van der Waals surface area (Å²) in [7, 11) is 2.18. The zero-order valence-corrected chi connectivity index (χ0v) is 13.0. The summed E-state index contributed by atoms with van der Waals surface area (Å²) in [6.07, 6.45) is 3.94. The molecule has 1 fully saturated rings. The van der Waals surface area contributed by atoms with E-state index in [1.165, 1.54) is 24.8 Å². The highest BCUT2D eigenvalue weighted by atomic mass is 35.5. The van der Waals surface area contributed by atoms with Crippen LogP contribution < -0.4 is 5.73 Å². The van der Waals surface area contributed by atoms with Gasteiger partial charge in [-0.1, -0.05) is 36.6 Å². The van der Waals surface area contributed by atoms with Crippen LogP contribution in [-0.2, 0) is 0 Å². The number of hydrogen-bond donors (Lipinski definition) is 1. The van der Waals surface area contributed by atoms with E-state index in [9.17, 15) is 0 Å². The number of nitrogens with zero attached hydrogens (tertiary/aromatic N) is 1. The molecule has 1 aromatic rings. The smallest absolute Gasteiger partial charge is 0.0409 e. The van der Waals surface area contributed by atoms with Crippen molar-refractivity contribution in [2.24, 2.45) is 11.7 Å². The summed E-state index contributed by atoms with van der Waals surface area (Å²) in [5, 5.41) is 0.800. The van der Waals surface area contributed by atoms with Crippen LogP contribution in [0.1, 0.15) is 44.7 Å². The Morgan fingerprint density at radius 3 is 2.68 bits per heavy atom. The standard InChI is InChI=1S/C16H25ClN2/c1-12(14-5-4-6-15(17)9-14)19(3)16(2,11-18)10-13-7-8-13/h4-6,9,12-13H,7-8,10-11,18H2,1-3H3. The van der Waals surface area contributed by atoms with Crippen molar-refractivity contribution in [3.63, 3.8) is 0 Å². The molecule has 2 rings (SSSR count). The van der Waals surface area contributed by atoms with Crippen LogP contribution in [0.5, 0.6) is 0 Å². The van der Waals surface area contributed by atoms with Crippen molar-refractivity contribution >= 4 is 11.6 Å². The van der Waals surface area contributed by atoms with Crippen molar-refractivity contribution in [3.05, 3.63) is 34.9 Å². The molecule has 1 saturated carbocycles. The van der Waals surface area contributed by atoms with Gasteiger partial charge in [0.05, 0.1) is 0 Å². The number of hydrogen-bond acceptors (Lipinski definition) is 2. The molecule has 0 aromatic heterocycles. The third-order valence-corrected chi connectivity index (χ3v) is 4.86. The molecule has 1 aliphatic carbocycles. The molecule has 0 aliphatic heterocycles. The first-order valence-corrected chi connectivity index (χ1v) is 7.52. The van der Waals surface area contributed by atoms with Gasteiger partial charge in [-0.3, -0.25) is 4.90 Å². The molecule has 2 unspecified atom stereocenters. The minimum atomic E-state index is 0.0723. The van der Waals surface area contributed by atoms with E-state index in [4.69, 9.17) is 17.3 Å². The van der Waals surface area contributed by atoms with Crippen molar-refractivity contribution in [2.45, 2.75) is 44.7 Å². The fourth-order valence-corrected chi connectivity index (χ4v) is 2.97. The van der Waals surface area contributed by atoms with Gasteiger partial charge in [-0.25, -0.2) is 0 Å². The Morgan fingerprint density at radius 2 is 2.16 bits per heavy atom. The molecule has 2 N–H and O–H groups in total. The lowest BCUT2D eigenvalue weighted by atomic mass is 9.90. The maximum absolute atomic E-state index is 6.09. The zero-order chi connectivity index (χ0) is 14.0. The highest BCUT2D eigenvalue weighted by Gasteiger charge is 2.37. The number of halogens is 1. The Morgan fingerprint density at radius 1 is 1.47 bits per heavy atom. The third kappa shape index (κ3) is 3.50. The normalized spacial score (nSPS) is 20.3. The van der Waals surface area contributed by atoms with Crippen LogP contribution in [0.4, 0.5) is 0 Å². The summed E-state index contributed by atoms with van der Waals surface area (Å²) in [5.41, 5.74) is 7.39. The SMILES string of the molecule is CC(c1cccc(Cl)c1)N(C)C(C)(CN)CC1CC1. The lowest BCUT2D eigenvalue weighted by Crippen LogP contribution is -2.50. The highest BCUT2D eigenvalue weighted by Crippen LogP contribution is 2.40. The second-order valence-electron chi connectivity index (χ2n) is 6.19. The predicted molar refractivity (Wildman–Crippen MR) is 82.4 cm³/mol. The van der Waals surface area contributed by atoms with Crippen molar-refractivity contribution in [1.29, 1.82) is 0 Å². The van der Waals surface area contributed by atoms with E-state index in [0.717, 1.165) is 10.9 Å². The number of nitrogens with two attached hydrogens (primary N) is 1. The summed E-state index contributed by atoms with van der Waals surface area (Å²) in [4.78, 5) is 2.41. The molecule has 3 heteroatoms. The second-order valence-corrected chi connectivity index (χ2v) is 6.63. The van der Waals surface area contributed by atoms with Crippen LogP contribution in [0.3, 0.4) is 0 Å². The summed E-state index contributed by atoms with van der Waals surface area (Å²) in [5.74, 6) is 0.877. The third-order valence-electron chi connectivity index (χ3n) is 4.63. The topological polar surface area (TPSA) is 29.3 Å². The molecule has 0 amide bonds. The molecule has 19 heavy (non-hydrogen) atoms. The van der Waals surface area contributed by atoms with E-state index in [1.54, 1.807) is 0 Å². The largest absolute Gasteiger partial charge is 0.329 e. The second kappa shape index (κ2) is 5.82. The van der Waals surface area contributed by atoms with Gasteiger partial charge in [0.15, 0.2) is 0 Å². The molecule has 2 nitrogen and oxygen atoms in total. The summed E-state index contributed by atoms with van der Waals surface area (Å²) < 4.78 is 0. The molecule has 106 valence electrons. The zero-order valence-electron chi connectivity index (χ0n) is 12.2. The number of likely N-dealkylation sites (N-methyl/N-ethyl adjacent to an activating group) is 1. The van der Waals surface area contributed by atoms with E-state index in [2.05, 4.69) is 37.9 Å². The summed E-state index contributed by atoms with van der Waals surface area (Å²) in [6.45, 7) is 5.21. The maximum atomic E-state index is 6.09.